The van der Waals surface area contributed by atoms with Crippen molar-refractivity contribution in [3.8, 4) is 22.6 Å². The van der Waals surface area contributed by atoms with Crippen LogP contribution in [0.2, 0.25) is 0 Å². The topological polar surface area (TPSA) is 68.0 Å². The number of hydrogen-bond acceptors (Lipinski definition) is 5. The highest BCUT2D eigenvalue weighted by molar-refractivity contribution is 7.99. The van der Waals surface area contributed by atoms with Crippen LogP contribution in [-0.4, -0.2) is 21.9 Å². The SMILES string of the molecule is C[C@@H](NC(=O)CSc1nnc(-c2ccc(F)cc2)o1)c1ccc(-c2ccccc2)cc1. The molecule has 31 heavy (non-hydrogen) atoms. The summed E-state index contributed by atoms with van der Waals surface area (Å²) in [4.78, 5) is 12.3. The third kappa shape index (κ3) is 5.38. The molecule has 4 rings (SSSR count). The molecule has 0 bridgehead atoms. The number of benzene rings is 3. The van der Waals surface area contributed by atoms with E-state index in [0.717, 1.165) is 28.5 Å². The molecule has 0 aliphatic heterocycles. The summed E-state index contributed by atoms with van der Waals surface area (Å²) >= 11 is 1.16. The standard InChI is InChI=1S/C24H20FN3O2S/c1-16(17-7-9-19(10-8-17)18-5-3-2-4-6-18)26-22(29)15-31-24-28-27-23(30-24)20-11-13-21(25)14-12-20/h2-14,16H,15H2,1H3,(H,26,29)/t16-/m1/s1. The van der Waals surface area contributed by atoms with Gasteiger partial charge in [-0.25, -0.2) is 4.39 Å². The fraction of sp³-hybridized carbons (Fsp3) is 0.125. The van der Waals surface area contributed by atoms with E-state index < -0.39 is 0 Å². The molecule has 0 fully saturated rings. The Hall–Kier alpha value is -3.45. The molecule has 0 saturated heterocycles. The number of rotatable bonds is 7. The number of nitrogens with zero attached hydrogens (tertiary/aromatic N) is 2. The molecule has 0 saturated carbocycles. The van der Waals surface area contributed by atoms with Crippen molar-refractivity contribution in [2.75, 3.05) is 5.75 Å². The molecule has 4 aromatic rings. The van der Waals surface area contributed by atoms with Crippen LogP contribution in [0.1, 0.15) is 18.5 Å². The van der Waals surface area contributed by atoms with Crippen molar-refractivity contribution >= 4 is 17.7 Å². The van der Waals surface area contributed by atoms with Crippen molar-refractivity contribution in [2.24, 2.45) is 0 Å². The van der Waals surface area contributed by atoms with Crippen LogP contribution < -0.4 is 5.32 Å². The first-order valence-corrected chi connectivity index (χ1v) is 10.7. The second kappa shape index (κ2) is 9.57. The number of amides is 1. The summed E-state index contributed by atoms with van der Waals surface area (Å²) in [5.74, 6) is -0.0309. The van der Waals surface area contributed by atoms with Crippen molar-refractivity contribution in [3.05, 3.63) is 90.2 Å². The lowest BCUT2D eigenvalue weighted by atomic mass is 10.0. The van der Waals surface area contributed by atoms with Gasteiger partial charge in [-0.15, -0.1) is 10.2 Å². The van der Waals surface area contributed by atoms with Crippen LogP contribution >= 0.6 is 11.8 Å². The van der Waals surface area contributed by atoms with Crippen molar-refractivity contribution in [2.45, 2.75) is 18.2 Å². The van der Waals surface area contributed by atoms with E-state index in [1.807, 2.05) is 37.3 Å². The van der Waals surface area contributed by atoms with Crippen molar-refractivity contribution < 1.29 is 13.6 Å². The fourth-order valence-corrected chi connectivity index (χ4v) is 3.64. The summed E-state index contributed by atoms with van der Waals surface area (Å²) in [5, 5.41) is 11.1. The van der Waals surface area contributed by atoms with Crippen LogP contribution in [-0.2, 0) is 4.79 Å². The molecule has 156 valence electrons. The highest BCUT2D eigenvalue weighted by Crippen LogP contribution is 2.24. The average Bonchev–Trinajstić information content (AvgIpc) is 3.28. The molecule has 1 aromatic heterocycles. The van der Waals surface area contributed by atoms with E-state index >= 15 is 0 Å². The molecule has 5 nitrogen and oxygen atoms in total. The molecule has 1 amide bonds. The molecular formula is C24H20FN3O2S. The zero-order valence-corrected chi connectivity index (χ0v) is 17.6. The summed E-state index contributed by atoms with van der Waals surface area (Å²) < 4.78 is 18.6. The molecule has 3 aromatic carbocycles. The van der Waals surface area contributed by atoms with Crippen molar-refractivity contribution in [1.29, 1.82) is 0 Å². The van der Waals surface area contributed by atoms with Crippen molar-refractivity contribution in [3.63, 3.8) is 0 Å². The lowest BCUT2D eigenvalue weighted by Crippen LogP contribution is -2.28. The number of carbonyl (C=O) groups excluding carboxylic acids is 1. The number of hydrogen-bond donors (Lipinski definition) is 1. The van der Waals surface area contributed by atoms with Crippen LogP contribution in [0.3, 0.4) is 0 Å². The zero-order valence-electron chi connectivity index (χ0n) is 16.8. The summed E-state index contributed by atoms with van der Waals surface area (Å²) in [7, 11) is 0. The first-order chi connectivity index (χ1) is 15.1. The van der Waals surface area contributed by atoms with E-state index in [1.165, 1.54) is 12.1 Å². The van der Waals surface area contributed by atoms with E-state index in [0.29, 0.717) is 5.56 Å². The molecule has 0 radical (unpaired) electrons. The smallest absolute Gasteiger partial charge is 0.277 e. The number of thioether (sulfide) groups is 1. The largest absolute Gasteiger partial charge is 0.411 e. The van der Waals surface area contributed by atoms with Gasteiger partial charge in [0.25, 0.3) is 5.22 Å². The summed E-state index contributed by atoms with van der Waals surface area (Å²) in [6.45, 7) is 1.94. The van der Waals surface area contributed by atoms with Gasteiger partial charge in [0.1, 0.15) is 5.82 Å². The number of nitrogens with one attached hydrogen (secondary N) is 1. The van der Waals surface area contributed by atoms with Gasteiger partial charge >= 0.3 is 0 Å². The fourth-order valence-electron chi connectivity index (χ4n) is 3.07. The lowest BCUT2D eigenvalue weighted by Gasteiger charge is -2.14. The van der Waals surface area contributed by atoms with Crippen LogP contribution in [0.15, 0.2) is 88.5 Å². The second-order valence-electron chi connectivity index (χ2n) is 6.95. The van der Waals surface area contributed by atoms with E-state index in [4.69, 9.17) is 4.42 Å². The highest BCUT2D eigenvalue weighted by atomic mass is 32.2. The number of aromatic nitrogens is 2. The Balaban J connectivity index is 1.30. The predicted molar refractivity (Wildman–Crippen MR) is 119 cm³/mol. The molecular weight excluding hydrogens is 413 g/mol. The molecule has 1 N–H and O–H groups in total. The number of halogens is 1. The zero-order chi connectivity index (χ0) is 21.6. The van der Waals surface area contributed by atoms with Crippen molar-refractivity contribution in [1.82, 2.24) is 15.5 Å². The lowest BCUT2D eigenvalue weighted by molar-refractivity contribution is -0.119. The Morgan fingerprint density at radius 3 is 2.29 bits per heavy atom. The Morgan fingerprint density at radius 1 is 0.935 bits per heavy atom. The van der Waals surface area contributed by atoms with Gasteiger partial charge in [-0.05, 0) is 47.9 Å². The summed E-state index contributed by atoms with van der Waals surface area (Å²) in [6.07, 6.45) is 0. The third-order valence-electron chi connectivity index (χ3n) is 4.72. The van der Waals surface area contributed by atoms with Gasteiger partial charge in [-0.3, -0.25) is 4.79 Å². The maximum absolute atomic E-state index is 13.0. The maximum atomic E-state index is 13.0. The first kappa shape index (κ1) is 20.8. The molecule has 0 spiro atoms. The molecule has 1 heterocycles. The Bertz CT molecular complexity index is 1150. The summed E-state index contributed by atoms with van der Waals surface area (Å²) in [5.41, 5.74) is 3.93. The van der Waals surface area contributed by atoms with Gasteiger partial charge in [0.05, 0.1) is 11.8 Å². The Morgan fingerprint density at radius 2 is 1.58 bits per heavy atom. The van der Waals surface area contributed by atoms with Crippen LogP contribution in [0.4, 0.5) is 4.39 Å². The minimum atomic E-state index is -0.335. The maximum Gasteiger partial charge on any atom is 0.277 e. The molecule has 0 aliphatic rings. The van der Waals surface area contributed by atoms with Crippen LogP contribution in [0, 0.1) is 5.82 Å². The molecule has 7 heteroatoms. The monoisotopic (exact) mass is 433 g/mol. The predicted octanol–water partition coefficient (Wildman–Crippen LogP) is 5.51. The minimum Gasteiger partial charge on any atom is -0.411 e. The van der Waals surface area contributed by atoms with Crippen LogP contribution in [0.5, 0.6) is 0 Å². The van der Waals surface area contributed by atoms with Gasteiger partial charge in [0.15, 0.2) is 0 Å². The summed E-state index contributed by atoms with van der Waals surface area (Å²) in [6, 6.07) is 23.9. The van der Waals surface area contributed by atoms with Crippen LogP contribution in [0.25, 0.3) is 22.6 Å². The molecule has 1 atom stereocenters. The van der Waals surface area contributed by atoms with Gasteiger partial charge in [-0.1, -0.05) is 66.4 Å². The highest BCUT2D eigenvalue weighted by Gasteiger charge is 2.14. The van der Waals surface area contributed by atoms with E-state index in [-0.39, 0.29) is 34.6 Å². The quantitative estimate of drug-likeness (QED) is 0.389. The van der Waals surface area contributed by atoms with Gasteiger partial charge in [0.2, 0.25) is 11.8 Å². The van der Waals surface area contributed by atoms with E-state index in [2.05, 4.69) is 39.8 Å². The normalized spacial score (nSPS) is 11.8. The van der Waals surface area contributed by atoms with E-state index in [1.54, 1.807) is 12.1 Å². The first-order valence-electron chi connectivity index (χ1n) is 9.75. The average molecular weight is 434 g/mol. The third-order valence-corrected chi connectivity index (χ3v) is 5.54. The molecule has 0 unspecified atom stereocenters. The van der Waals surface area contributed by atoms with E-state index in [9.17, 15) is 9.18 Å². The number of carbonyl (C=O) groups is 1. The Kier molecular flexibility index (Phi) is 6.43. The molecule has 0 aliphatic carbocycles. The Labute approximate surface area is 183 Å². The van der Waals surface area contributed by atoms with Gasteiger partial charge in [-0.2, -0.15) is 0 Å². The minimum absolute atomic E-state index is 0.129. The second-order valence-corrected chi connectivity index (χ2v) is 7.87. The van der Waals surface area contributed by atoms with Gasteiger partial charge in [0, 0.05) is 5.56 Å². The van der Waals surface area contributed by atoms with Gasteiger partial charge < -0.3 is 9.73 Å².